The minimum Gasteiger partial charge on any atom is -0.492 e. The monoisotopic (exact) mass is 454 g/mol. The van der Waals surface area contributed by atoms with E-state index in [1.165, 1.54) is 18.6 Å². The zero-order valence-electron chi connectivity index (χ0n) is 16.2. The number of hydrogen-bond acceptors (Lipinski definition) is 7. The van der Waals surface area contributed by atoms with Crippen LogP contribution >= 0.6 is 33.3 Å². The third kappa shape index (κ3) is 7.79. The van der Waals surface area contributed by atoms with Crippen molar-refractivity contribution in [3.8, 4) is 5.75 Å². The Morgan fingerprint density at radius 2 is 2.03 bits per heavy atom. The van der Waals surface area contributed by atoms with E-state index in [4.69, 9.17) is 4.74 Å². The number of hydrogen-bond donors (Lipinski definition) is 2. The van der Waals surface area contributed by atoms with Crippen LogP contribution in [0, 0.1) is 0 Å². The molecular formula is C20H26N2O4S3. The van der Waals surface area contributed by atoms with Crippen LogP contribution in [0.25, 0.3) is 0 Å². The molecule has 2 saturated heterocycles. The van der Waals surface area contributed by atoms with Crippen molar-refractivity contribution in [2.45, 2.75) is 49.0 Å². The highest BCUT2D eigenvalue weighted by Crippen LogP contribution is 2.39. The van der Waals surface area contributed by atoms with Gasteiger partial charge in [0.1, 0.15) is 12.4 Å². The number of carbonyl (C=O) groups excluding carboxylic acids is 3. The largest absolute Gasteiger partial charge is 0.492 e. The summed E-state index contributed by atoms with van der Waals surface area (Å²) in [7, 11) is 3.95. The van der Waals surface area contributed by atoms with Crippen LogP contribution in [0.1, 0.15) is 37.7 Å². The molecular weight excluding hydrogens is 428 g/mol. The van der Waals surface area contributed by atoms with Crippen LogP contribution in [-0.2, 0) is 16.0 Å². The number of nitrogens with one attached hydrogen (secondary N) is 2. The zero-order chi connectivity index (χ0) is 20.5. The molecule has 6 nitrogen and oxygen atoms in total. The van der Waals surface area contributed by atoms with Gasteiger partial charge < -0.3 is 10.1 Å². The lowest BCUT2D eigenvalue weighted by Crippen LogP contribution is -2.27. The third-order valence-corrected chi connectivity index (χ3v) is 8.70. The van der Waals surface area contributed by atoms with Crippen molar-refractivity contribution in [1.82, 2.24) is 10.6 Å². The van der Waals surface area contributed by atoms with Gasteiger partial charge in [-0.25, -0.2) is 0 Å². The molecule has 1 aromatic rings. The van der Waals surface area contributed by atoms with Crippen LogP contribution in [0.4, 0.5) is 4.79 Å². The lowest BCUT2D eigenvalue weighted by molar-refractivity contribution is -0.121. The lowest BCUT2D eigenvalue weighted by Gasteiger charge is -2.10. The molecule has 9 heteroatoms. The third-order valence-electron chi connectivity index (χ3n) is 4.71. The number of imide groups is 1. The van der Waals surface area contributed by atoms with Gasteiger partial charge in [0.2, 0.25) is 11.8 Å². The van der Waals surface area contributed by atoms with Gasteiger partial charge in [-0.15, -0.1) is 0 Å². The Hall–Kier alpha value is -1.32. The molecule has 2 heterocycles. The zero-order valence-corrected chi connectivity index (χ0v) is 18.6. The predicted molar refractivity (Wildman–Crippen MR) is 120 cm³/mol. The van der Waals surface area contributed by atoms with Crippen LogP contribution in [0.15, 0.2) is 24.3 Å². The fourth-order valence-corrected chi connectivity index (χ4v) is 7.02. The van der Waals surface area contributed by atoms with E-state index in [1.807, 2.05) is 45.9 Å². The highest BCUT2D eigenvalue weighted by molar-refractivity contribution is 8.77. The smallest absolute Gasteiger partial charge is 0.286 e. The summed E-state index contributed by atoms with van der Waals surface area (Å²) in [6.45, 7) is 0.896. The summed E-state index contributed by atoms with van der Waals surface area (Å²) in [4.78, 5) is 34.7. The fourth-order valence-electron chi connectivity index (χ4n) is 3.13. The van der Waals surface area contributed by atoms with Gasteiger partial charge in [-0.05, 0) is 43.4 Å². The van der Waals surface area contributed by atoms with Gasteiger partial charge in [-0.2, -0.15) is 0 Å². The Kier molecular flexibility index (Phi) is 9.07. The Morgan fingerprint density at radius 3 is 2.72 bits per heavy atom. The number of carbonyl (C=O) groups is 3. The molecule has 0 saturated carbocycles. The Morgan fingerprint density at radius 1 is 1.21 bits per heavy atom. The summed E-state index contributed by atoms with van der Waals surface area (Å²) < 4.78 is 5.65. The molecule has 2 atom stereocenters. The van der Waals surface area contributed by atoms with E-state index in [2.05, 4.69) is 10.6 Å². The van der Waals surface area contributed by atoms with E-state index in [9.17, 15) is 14.4 Å². The maximum absolute atomic E-state index is 11.9. The molecule has 2 fully saturated rings. The average Bonchev–Trinajstić information content (AvgIpc) is 3.33. The molecule has 2 N–H and O–H groups in total. The highest BCUT2D eigenvalue weighted by atomic mass is 33.1. The minimum absolute atomic E-state index is 0.0827. The second-order valence-corrected chi connectivity index (χ2v) is 11.0. The standard InChI is InChI=1S/C20H26N2O4S3/c23-18(4-2-1-3-16-9-12-27-29-16)21-10-11-26-15-7-5-14(6-8-15)13-17-19(24)22-20(25)28-17/h5-8,16-17H,1-4,9-13H2,(H,21,23)(H,22,24,25)/t16-,17+/m1/s1. The van der Waals surface area contributed by atoms with Crippen molar-refractivity contribution in [3.05, 3.63) is 29.8 Å². The summed E-state index contributed by atoms with van der Waals surface area (Å²) in [6, 6.07) is 7.48. The van der Waals surface area contributed by atoms with E-state index >= 15 is 0 Å². The van der Waals surface area contributed by atoms with Gasteiger partial charge in [0.15, 0.2) is 0 Å². The first-order valence-corrected chi connectivity index (χ1v) is 13.1. The van der Waals surface area contributed by atoms with Crippen molar-refractivity contribution < 1.29 is 19.1 Å². The Labute approximate surface area is 183 Å². The van der Waals surface area contributed by atoms with Gasteiger partial charge in [0.25, 0.3) is 5.24 Å². The molecule has 3 rings (SSSR count). The molecule has 158 valence electrons. The first kappa shape index (κ1) is 22.4. The normalized spacial score (nSPS) is 21.2. The molecule has 0 aromatic heterocycles. The Balaban J connectivity index is 1.25. The molecule has 2 aliphatic rings. The minimum atomic E-state index is -0.361. The number of benzene rings is 1. The predicted octanol–water partition coefficient (Wildman–Crippen LogP) is 3.79. The fraction of sp³-hybridized carbons (Fsp3) is 0.550. The topological polar surface area (TPSA) is 84.5 Å². The maximum Gasteiger partial charge on any atom is 0.286 e. The van der Waals surface area contributed by atoms with Crippen LogP contribution < -0.4 is 15.4 Å². The van der Waals surface area contributed by atoms with Gasteiger partial charge in [-0.1, -0.05) is 51.9 Å². The van der Waals surface area contributed by atoms with Crippen LogP contribution in [0.2, 0.25) is 0 Å². The summed E-state index contributed by atoms with van der Waals surface area (Å²) in [5, 5.41) is 5.33. The average molecular weight is 455 g/mol. The van der Waals surface area contributed by atoms with Crippen molar-refractivity contribution in [1.29, 1.82) is 0 Å². The maximum atomic E-state index is 11.9. The number of rotatable bonds is 11. The highest BCUT2D eigenvalue weighted by Gasteiger charge is 2.31. The number of amides is 3. The SMILES string of the molecule is O=C(CCCC[C@@H]1CCSS1)NCCOc1ccc(C[C@@H]2SC(=O)NC2=O)cc1. The van der Waals surface area contributed by atoms with Crippen molar-refractivity contribution in [3.63, 3.8) is 0 Å². The summed E-state index contributed by atoms with van der Waals surface area (Å²) in [5.41, 5.74) is 0.975. The van der Waals surface area contributed by atoms with Crippen molar-refractivity contribution in [2.24, 2.45) is 0 Å². The molecule has 1 aromatic carbocycles. The van der Waals surface area contributed by atoms with Crippen LogP contribution in [0.5, 0.6) is 5.75 Å². The van der Waals surface area contributed by atoms with E-state index in [1.54, 1.807) is 0 Å². The molecule has 0 aliphatic carbocycles. The molecule has 3 amide bonds. The molecule has 2 aliphatic heterocycles. The van der Waals surface area contributed by atoms with Gasteiger partial charge in [-0.3, -0.25) is 19.7 Å². The molecule has 0 bridgehead atoms. The van der Waals surface area contributed by atoms with Crippen molar-refractivity contribution >= 4 is 50.4 Å². The van der Waals surface area contributed by atoms with Crippen molar-refractivity contribution in [2.75, 3.05) is 18.9 Å². The second kappa shape index (κ2) is 11.8. The quantitative estimate of drug-likeness (QED) is 0.389. The molecule has 0 spiro atoms. The number of unbranched alkanes of at least 4 members (excludes halogenated alkanes) is 1. The van der Waals surface area contributed by atoms with Gasteiger partial charge in [0.05, 0.1) is 11.8 Å². The second-order valence-electron chi connectivity index (χ2n) is 7.00. The first-order chi connectivity index (χ1) is 14.1. The van der Waals surface area contributed by atoms with E-state index in [0.29, 0.717) is 26.0 Å². The van der Waals surface area contributed by atoms with Crippen LogP contribution in [-0.4, -0.2) is 46.5 Å². The molecule has 0 unspecified atom stereocenters. The van der Waals surface area contributed by atoms with Crippen LogP contribution in [0.3, 0.4) is 0 Å². The lowest BCUT2D eigenvalue weighted by atomic mass is 10.1. The Bertz CT molecular complexity index is 708. The molecule has 29 heavy (non-hydrogen) atoms. The number of ether oxygens (including phenoxy) is 1. The van der Waals surface area contributed by atoms with E-state index in [0.717, 1.165) is 41.2 Å². The summed E-state index contributed by atoms with van der Waals surface area (Å²) in [5.74, 6) is 1.83. The van der Waals surface area contributed by atoms with E-state index in [-0.39, 0.29) is 22.3 Å². The summed E-state index contributed by atoms with van der Waals surface area (Å²) in [6.07, 6.45) is 5.66. The summed E-state index contributed by atoms with van der Waals surface area (Å²) >= 11 is 1.03. The van der Waals surface area contributed by atoms with Gasteiger partial charge in [0, 0.05) is 17.4 Å². The first-order valence-electron chi connectivity index (χ1n) is 9.88. The molecule has 0 radical (unpaired) electrons. The number of thioether (sulfide) groups is 1. The van der Waals surface area contributed by atoms with Gasteiger partial charge >= 0.3 is 0 Å². The van der Waals surface area contributed by atoms with E-state index < -0.39 is 0 Å².